The minimum atomic E-state index is -0.870. The lowest BCUT2D eigenvalue weighted by Gasteiger charge is -2.24. The van der Waals surface area contributed by atoms with Gasteiger partial charge in [-0.05, 0) is 43.9 Å². The second-order valence-electron chi connectivity index (χ2n) is 7.20. The molecule has 1 unspecified atom stereocenters. The van der Waals surface area contributed by atoms with Crippen LogP contribution in [0.4, 0.5) is 0 Å². The Balaban J connectivity index is 0.00000900. The van der Waals surface area contributed by atoms with Crippen molar-refractivity contribution >= 4 is 29.4 Å². The topological polar surface area (TPSA) is 140 Å². The highest BCUT2D eigenvalue weighted by Crippen LogP contribution is 2.06. The van der Waals surface area contributed by atoms with Gasteiger partial charge in [0, 0.05) is 13.5 Å². The summed E-state index contributed by atoms with van der Waals surface area (Å²) in [6.07, 6.45) is 3.44. The monoisotopic (exact) mass is 439 g/mol. The van der Waals surface area contributed by atoms with Crippen LogP contribution >= 0.6 is 11.8 Å². The average Bonchev–Trinajstić information content (AvgIpc) is 2.72. The normalized spacial score (nSPS) is 13.9. The molecule has 0 bridgehead atoms. The number of aliphatic hydroxyl groups is 1. The van der Waals surface area contributed by atoms with Gasteiger partial charge < -0.3 is 26.8 Å². The second-order valence-corrected chi connectivity index (χ2v) is 8.18. The predicted molar refractivity (Wildman–Crippen MR) is 125 cm³/mol. The minimum absolute atomic E-state index is 0. The van der Waals surface area contributed by atoms with Crippen molar-refractivity contribution in [3.8, 4) is 0 Å². The summed E-state index contributed by atoms with van der Waals surface area (Å²) >= 11 is 1.60. The fourth-order valence-electron chi connectivity index (χ4n) is 2.80. The van der Waals surface area contributed by atoms with E-state index < -0.39 is 18.2 Å². The molecule has 170 valence electrons. The number of thioether (sulfide) groups is 1. The van der Waals surface area contributed by atoms with Crippen LogP contribution in [0.2, 0.25) is 0 Å². The van der Waals surface area contributed by atoms with E-state index in [0.717, 1.165) is 18.4 Å². The smallest absolute Gasteiger partial charge is 0.242 e. The SMILES string of the molecule is CCCCN[C@@H](C(=O)N[C@@H](CCSC)C(=O)NCc1ccc(C(=N)N)cc1)C(C)O.[HH]. The first-order valence-electron chi connectivity index (χ1n) is 10.2. The fraction of sp³-hybridized carbons (Fsp3) is 0.571. The first-order chi connectivity index (χ1) is 14.3. The van der Waals surface area contributed by atoms with Gasteiger partial charge in [0.2, 0.25) is 11.8 Å². The molecule has 3 atom stereocenters. The average molecular weight is 440 g/mol. The van der Waals surface area contributed by atoms with E-state index in [1.54, 1.807) is 43.0 Å². The maximum absolute atomic E-state index is 12.7. The number of amidine groups is 1. The van der Waals surface area contributed by atoms with E-state index in [0.29, 0.717) is 30.8 Å². The Hall–Kier alpha value is -2.10. The summed E-state index contributed by atoms with van der Waals surface area (Å²) in [5.41, 5.74) is 6.94. The number of rotatable bonds is 14. The van der Waals surface area contributed by atoms with Crippen molar-refractivity contribution in [2.45, 2.75) is 57.8 Å². The number of carbonyl (C=O) groups is 2. The molecule has 0 heterocycles. The van der Waals surface area contributed by atoms with Gasteiger partial charge in [-0.25, -0.2) is 0 Å². The zero-order valence-corrected chi connectivity index (χ0v) is 18.8. The molecule has 1 aromatic carbocycles. The molecule has 0 radical (unpaired) electrons. The lowest BCUT2D eigenvalue weighted by molar-refractivity contribution is -0.131. The summed E-state index contributed by atoms with van der Waals surface area (Å²) in [7, 11) is 0. The molecule has 0 aliphatic heterocycles. The van der Waals surface area contributed by atoms with Gasteiger partial charge in [0.15, 0.2) is 0 Å². The zero-order chi connectivity index (χ0) is 22.5. The van der Waals surface area contributed by atoms with Gasteiger partial charge in [0.1, 0.15) is 17.9 Å². The third kappa shape index (κ3) is 9.15. The molecule has 0 aliphatic rings. The van der Waals surface area contributed by atoms with Crippen molar-refractivity contribution in [2.24, 2.45) is 5.73 Å². The molecule has 30 heavy (non-hydrogen) atoms. The van der Waals surface area contributed by atoms with E-state index in [1.165, 1.54) is 0 Å². The van der Waals surface area contributed by atoms with Crippen LogP contribution in [0, 0.1) is 5.41 Å². The fourth-order valence-corrected chi connectivity index (χ4v) is 3.27. The Kier molecular flexibility index (Phi) is 12.1. The van der Waals surface area contributed by atoms with E-state index in [2.05, 4.69) is 22.9 Å². The molecule has 0 saturated carbocycles. The highest BCUT2D eigenvalue weighted by molar-refractivity contribution is 7.98. The molecule has 8 nitrogen and oxygen atoms in total. The van der Waals surface area contributed by atoms with Crippen molar-refractivity contribution in [1.82, 2.24) is 16.0 Å². The van der Waals surface area contributed by atoms with Gasteiger partial charge in [0.25, 0.3) is 0 Å². The molecule has 9 heteroatoms. The van der Waals surface area contributed by atoms with Gasteiger partial charge >= 0.3 is 0 Å². The van der Waals surface area contributed by atoms with E-state index in [4.69, 9.17) is 11.1 Å². The molecule has 0 spiro atoms. The molecule has 0 aliphatic carbocycles. The number of unbranched alkanes of at least 4 members (excludes halogenated alkanes) is 1. The number of amides is 2. The number of carbonyl (C=O) groups excluding carboxylic acids is 2. The van der Waals surface area contributed by atoms with E-state index in [1.807, 2.05) is 6.26 Å². The van der Waals surface area contributed by atoms with Crippen LogP contribution in [0.5, 0.6) is 0 Å². The van der Waals surface area contributed by atoms with Crippen molar-refractivity contribution < 1.29 is 16.1 Å². The number of nitrogens with two attached hydrogens (primary N) is 1. The Morgan fingerprint density at radius 1 is 1.27 bits per heavy atom. The number of hydrogen-bond acceptors (Lipinski definition) is 6. The van der Waals surface area contributed by atoms with E-state index in [9.17, 15) is 14.7 Å². The number of aliphatic hydroxyl groups excluding tert-OH is 1. The number of benzene rings is 1. The minimum Gasteiger partial charge on any atom is -0.391 e. The standard InChI is InChI=1S/C21H35N5O3S.H2/c1-4-5-11-24-18(14(2)27)21(29)26-17(10-12-30-3)20(28)25-13-15-6-8-16(9-7-15)19(22)23;/h6-9,14,17-18,24,27H,4-5,10-13H2,1-3H3,(H3,22,23)(H,25,28)(H,26,29);1H/t14?,17-,18+;/m0./s1. The Morgan fingerprint density at radius 3 is 2.47 bits per heavy atom. The van der Waals surface area contributed by atoms with Gasteiger partial charge in [-0.3, -0.25) is 15.0 Å². The Morgan fingerprint density at radius 2 is 1.93 bits per heavy atom. The van der Waals surface area contributed by atoms with Crippen LogP contribution in [0.3, 0.4) is 0 Å². The highest BCUT2D eigenvalue weighted by Gasteiger charge is 2.27. The van der Waals surface area contributed by atoms with E-state index >= 15 is 0 Å². The number of nitrogens with one attached hydrogen (secondary N) is 4. The highest BCUT2D eigenvalue weighted by atomic mass is 32.2. The summed E-state index contributed by atoms with van der Waals surface area (Å²) in [5.74, 6) is 0.0543. The second kappa shape index (κ2) is 14.0. The number of hydrogen-bond donors (Lipinski definition) is 6. The van der Waals surface area contributed by atoms with Crippen LogP contribution in [0.15, 0.2) is 24.3 Å². The molecular weight excluding hydrogens is 402 g/mol. The van der Waals surface area contributed by atoms with Crippen molar-refractivity contribution in [3.05, 3.63) is 35.4 Å². The van der Waals surface area contributed by atoms with Crippen molar-refractivity contribution in [2.75, 3.05) is 18.6 Å². The molecule has 0 aromatic heterocycles. The van der Waals surface area contributed by atoms with Gasteiger partial charge in [0.05, 0.1) is 6.10 Å². The van der Waals surface area contributed by atoms with Crippen LogP contribution in [-0.4, -0.2) is 59.5 Å². The summed E-state index contributed by atoms with van der Waals surface area (Å²) in [5, 5.41) is 26.1. The van der Waals surface area contributed by atoms with Crippen LogP contribution in [0.25, 0.3) is 0 Å². The largest absolute Gasteiger partial charge is 0.391 e. The predicted octanol–water partition coefficient (Wildman–Crippen LogP) is 1.21. The van der Waals surface area contributed by atoms with Crippen LogP contribution in [-0.2, 0) is 16.1 Å². The third-order valence-corrected chi connectivity index (χ3v) is 5.28. The lowest BCUT2D eigenvalue weighted by Crippen LogP contribution is -2.56. The first-order valence-corrected chi connectivity index (χ1v) is 11.6. The molecular formula is C21H37N5O3S. The molecule has 1 rings (SSSR count). The van der Waals surface area contributed by atoms with Crippen LogP contribution < -0.4 is 21.7 Å². The molecule has 1 aromatic rings. The van der Waals surface area contributed by atoms with E-state index in [-0.39, 0.29) is 19.1 Å². The third-order valence-electron chi connectivity index (χ3n) is 4.63. The van der Waals surface area contributed by atoms with Crippen molar-refractivity contribution in [3.63, 3.8) is 0 Å². The Labute approximate surface area is 184 Å². The van der Waals surface area contributed by atoms with Gasteiger partial charge in [-0.2, -0.15) is 11.8 Å². The lowest BCUT2D eigenvalue weighted by atomic mass is 10.1. The number of nitrogen functional groups attached to an aromatic ring is 1. The molecule has 7 N–H and O–H groups in total. The molecule has 2 amide bonds. The van der Waals surface area contributed by atoms with Crippen molar-refractivity contribution in [1.29, 1.82) is 5.41 Å². The first kappa shape index (κ1) is 25.9. The molecule has 0 fully saturated rings. The Bertz CT molecular complexity index is 688. The summed E-state index contributed by atoms with van der Waals surface area (Å²) in [6.45, 7) is 4.54. The summed E-state index contributed by atoms with van der Waals surface area (Å²) < 4.78 is 0. The van der Waals surface area contributed by atoms with Gasteiger partial charge in [-0.1, -0.05) is 37.6 Å². The summed E-state index contributed by atoms with van der Waals surface area (Å²) in [6, 6.07) is 5.61. The quantitative estimate of drug-likeness (QED) is 0.146. The maximum Gasteiger partial charge on any atom is 0.242 e. The summed E-state index contributed by atoms with van der Waals surface area (Å²) in [4.78, 5) is 25.4. The van der Waals surface area contributed by atoms with Gasteiger partial charge in [-0.15, -0.1) is 0 Å². The van der Waals surface area contributed by atoms with Crippen LogP contribution in [0.1, 0.15) is 45.7 Å². The zero-order valence-electron chi connectivity index (χ0n) is 18.0. The maximum atomic E-state index is 12.7. The molecule has 0 saturated heterocycles.